The molecule has 98 valence electrons. The van der Waals surface area contributed by atoms with Crippen LogP contribution < -0.4 is 0 Å². The monoisotopic (exact) mass is 269 g/mol. The highest BCUT2D eigenvalue weighted by Gasteiger charge is 2.28. The molecule has 19 heavy (non-hydrogen) atoms. The fourth-order valence-electron chi connectivity index (χ4n) is 1.73. The molecule has 0 aromatic heterocycles. The van der Waals surface area contributed by atoms with Crippen molar-refractivity contribution < 1.29 is 0 Å². The molecule has 0 saturated carbocycles. The van der Waals surface area contributed by atoms with Crippen molar-refractivity contribution in [2.75, 3.05) is 0 Å². The first-order valence-corrected chi connectivity index (χ1v) is 7.54. The summed E-state index contributed by atoms with van der Waals surface area (Å²) in [4.78, 5) is 3.82. The van der Waals surface area contributed by atoms with Gasteiger partial charge in [-0.2, -0.15) is 0 Å². The van der Waals surface area contributed by atoms with E-state index in [1.54, 1.807) is 6.08 Å². The van der Waals surface area contributed by atoms with E-state index in [4.69, 9.17) is 0 Å². The molecule has 0 heterocycles. The Kier molecular flexibility index (Phi) is 6.76. The molecule has 1 atom stereocenters. The first-order valence-electron chi connectivity index (χ1n) is 6.32. The van der Waals surface area contributed by atoms with Crippen LogP contribution in [0.3, 0.4) is 0 Å². The molecule has 1 aromatic rings. The van der Waals surface area contributed by atoms with Crippen molar-refractivity contribution in [3.05, 3.63) is 89.8 Å². The van der Waals surface area contributed by atoms with Crippen molar-refractivity contribution >= 4 is 10.9 Å². The van der Waals surface area contributed by atoms with Gasteiger partial charge in [-0.25, -0.2) is 0 Å². The van der Waals surface area contributed by atoms with E-state index in [9.17, 15) is 0 Å². The zero-order valence-electron chi connectivity index (χ0n) is 11.7. The predicted octanol–water partition coefficient (Wildman–Crippen LogP) is 5.40. The molecular formula is C18H21S+. The maximum Gasteiger partial charge on any atom is 0.166 e. The Labute approximate surface area is 119 Å². The number of benzene rings is 1. The first-order chi connectivity index (χ1) is 9.28. The van der Waals surface area contributed by atoms with Gasteiger partial charge >= 0.3 is 0 Å². The van der Waals surface area contributed by atoms with E-state index in [2.05, 4.69) is 69.5 Å². The van der Waals surface area contributed by atoms with Crippen molar-refractivity contribution in [2.45, 2.75) is 18.7 Å². The summed E-state index contributed by atoms with van der Waals surface area (Å²) in [5.74, 6) is 0. The van der Waals surface area contributed by atoms with Gasteiger partial charge in [0.15, 0.2) is 14.7 Å². The fraction of sp³-hybridized carbons (Fsp3) is 0.111. The summed E-state index contributed by atoms with van der Waals surface area (Å²) in [6.07, 6.45) is 12.1. The molecule has 0 N–H and O–H groups in total. The van der Waals surface area contributed by atoms with Crippen LogP contribution in [0, 0.1) is 0 Å². The molecule has 1 heteroatoms. The normalized spacial score (nSPS) is 14.4. The summed E-state index contributed by atoms with van der Waals surface area (Å²) in [7, 11) is -0.0954. The molecule has 0 bridgehead atoms. The number of hydrogen-bond acceptors (Lipinski definition) is 0. The van der Waals surface area contributed by atoms with E-state index in [0.717, 1.165) is 0 Å². The van der Waals surface area contributed by atoms with Gasteiger partial charge in [-0.15, -0.1) is 0 Å². The Balaban J connectivity index is 3.31. The summed E-state index contributed by atoms with van der Waals surface area (Å²) >= 11 is 0. The molecule has 0 fully saturated rings. The van der Waals surface area contributed by atoms with Gasteiger partial charge in [0.2, 0.25) is 0 Å². The number of hydrogen-bond donors (Lipinski definition) is 0. The van der Waals surface area contributed by atoms with E-state index in [1.807, 2.05) is 18.2 Å². The van der Waals surface area contributed by atoms with Crippen LogP contribution in [0.25, 0.3) is 0 Å². The van der Waals surface area contributed by atoms with Crippen molar-refractivity contribution in [2.24, 2.45) is 0 Å². The minimum Gasteiger partial charge on any atom is -0.0991 e. The summed E-state index contributed by atoms with van der Waals surface area (Å²) in [5.41, 5.74) is 0. The third kappa shape index (κ3) is 4.15. The van der Waals surface area contributed by atoms with Gasteiger partial charge < -0.3 is 0 Å². The molecule has 0 radical (unpaired) electrons. The van der Waals surface area contributed by atoms with Crippen LogP contribution in [0.5, 0.6) is 0 Å². The smallest absolute Gasteiger partial charge is 0.0991 e. The maximum atomic E-state index is 3.94. The van der Waals surface area contributed by atoms with Crippen molar-refractivity contribution in [3.8, 4) is 0 Å². The molecule has 1 unspecified atom stereocenters. The van der Waals surface area contributed by atoms with Crippen molar-refractivity contribution in [1.29, 1.82) is 0 Å². The van der Waals surface area contributed by atoms with Crippen LogP contribution in [0.15, 0.2) is 94.7 Å². The Hall–Kier alpha value is -1.73. The number of rotatable bonds is 6. The number of allylic oxidation sites excluding steroid dienone is 6. The molecule has 0 saturated heterocycles. The second kappa shape index (κ2) is 8.39. The molecule has 1 rings (SSSR count). The Morgan fingerprint density at radius 2 is 1.63 bits per heavy atom. The Morgan fingerprint density at radius 3 is 2.11 bits per heavy atom. The lowest BCUT2D eigenvalue weighted by Crippen LogP contribution is -2.06. The molecule has 1 aromatic carbocycles. The molecule has 0 aliphatic rings. The van der Waals surface area contributed by atoms with Gasteiger partial charge in [-0.3, -0.25) is 0 Å². The minimum absolute atomic E-state index is 0.0954. The molecule has 0 nitrogen and oxygen atoms in total. The predicted molar refractivity (Wildman–Crippen MR) is 89.1 cm³/mol. The second-order valence-corrected chi connectivity index (χ2v) is 5.83. The van der Waals surface area contributed by atoms with Crippen LogP contribution in [0.4, 0.5) is 0 Å². The fourth-order valence-corrected chi connectivity index (χ4v) is 3.83. The molecule has 0 amide bonds. The van der Waals surface area contributed by atoms with Gasteiger partial charge in [0.05, 0.1) is 10.9 Å². The van der Waals surface area contributed by atoms with Crippen molar-refractivity contribution in [3.63, 3.8) is 0 Å². The van der Waals surface area contributed by atoms with Crippen molar-refractivity contribution in [1.82, 2.24) is 0 Å². The van der Waals surface area contributed by atoms with Crippen LogP contribution in [-0.2, 0) is 10.9 Å². The second-order valence-electron chi connectivity index (χ2n) is 3.80. The lowest BCUT2D eigenvalue weighted by atomic mass is 10.4. The average molecular weight is 269 g/mol. The molecular weight excluding hydrogens is 248 g/mol. The van der Waals surface area contributed by atoms with Crippen LogP contribution in [0.2, 0.25) is 0 Å². The zero-order valence-corrected chi connectivity index (χ0v) is 12.5. The van der Waals surface area contributed by atoms with Gasteiger partial charge in [0.1, 0.15) is 0 Å². The highest BCUT2D eigenvalue weighted by Crippen LogP contribution is 2.30. The van der Waals surface area contributed by atoms with E-state index >= 15 is 0 Å². The first kappa shape index (κ1) is 15.3. The molecule has 0 spiro atoms. The average Bonchev–Trinajstić information content (AvgIpc) is 2.48. The van der Waals surface area contributed by atoms with E-state index in [0.29, 0.717) is 0 Å². The Bertz CT molecular complexity index is 504. The van der Waals surface area contributed by atoms with E-state index < -0.39 is 0 Å². The third-order valence-corrected chi connectivity index (χ3v) is 5.08. The zero-order chi connectivity index (χ0) is 14.1. The van der Waals surface area contributed by atoms with Crippen LogP contribution >= 0.6 is 0 Å². The van der Waals surface area contributed by atoms with Crippen LogP contribution in [-0.4, -0.2) is 0 Å². The largest absolute Gasteiger partial charge is 0.166 e. The Morgan fingerprint density at radius 1 is 1.00 bits per heavy atom. The van der Waals surface area contributed by atoms with Gasteiger partial charge in [-0.05, 0) is 50.3 Å². The highest BCUT2D eigenvalue weighted by atomic mass is 32.2. The maximum absolute atomic E-state index is 3.94. The minimum atomic E-state index is -0.0954. The highest BCUT2D eigenvalue weighted by molar-refractivity contribution is 8.04. The van der Waals surface area contributed by atoms with Gasteiger partial charge in [0.25, 0.3) is 0 Å². The van der Waals surface area contributed by atoms with Crippen LogP contribution in [0.1, 0.15) is 13.8 Å². The standard InChI is InChI=1S/C18H21S/c1-5-9-13-17(8-4)19(16(6-2)7-3)18-14-11-10-12-15-18/h5-15H,1-2H2,3-4H3/q+1/b13-9-,16-7+,17-8+. The topological polar surface area (TPSA) is 0 Å². The summed E-state index contributed by atoms with van der Waals surface area (Å²) in [6, 6.07) is 10.5. The van der Waals surface area contributed by atoms with E-state index in [1.165, 1.54) is 14.7 Å². The van der Waals surface area contributed by atoms with E-state index in [-0.39, 0.29) is 10.9 Å². The quantitative estimate of drug-likeness (QED) is 0.479. The SMILES string of the molecule is C=C/C=C\C(=C/C)[S+](/C(C=C)=C/C)c1ccccc1. The van der Waals surface area contributed by atoms with Gasteiger partial charge in [-0.1, -0.05) is 43.5 Å². The summed E-state index contributed by atoms with van der Waals surface area (Å²) < 4.78 is 0. The third-order valence-electron chi connectivity index (χ3n) is 2.62. The lowest BCUT2D eigenvalue weighted by Gasteiger charge is -2.08. The molecule has 0 aliphatic heterocycles. The molecule has 0 aliphatic carbocycles. The summed E-state index contributed by atoms with van der Waals surface area (Å²) in [5, 5.41) is 0. The lowest BCUT2D eigenvalue weighted by molar-refractivity contribution is 1.44. The summed E-state index contributed by atoms with van der Waals surface area (Å²) in [6.45, 7) is 11.8. The van der Waals surface area contributed by atoms with Gasteiger partial charge in [0, 0.05) is 0 Å².